The lowest BCUT2D eigenvalue weighted by Crippen LogP contribution is -2.00. The molecule has 5 heteroatoms. The van der Waals surface area contributed by atoms with Gasteiger partial charge in [-0.05, 0) is 24.5 Å². The van der Waals surface area contributed by atoms with Crippen molar-refractivity contribution in [1.29, 1.82) is 5.26 Å². The quantitative estimate of drug-likeness (QED) is 0.856. The number of anilines is 1. The number of aromatic nitrogens is 1. The molecule has 0 aliphatic heterocycles. The molecule has 3 nitrogen and oxygen atoms in total. The summed E-state index contributed by atoms with van der Waals surface area (Å²) in [6.45, 7) is 0. The number of rotatable bonds is 1. The van der Waals surface area contributed by atoms with Crippen molar-refractivity contribution in [2.75, 3.05) is 5.73 Å². The van der Waals surface area contributed by atoms with E-state index in [1.165, 1.54) is 17.4 Å². The molecule has 0 radical (unpaired) electrons. The van der Waals surface area contributed by atoms with Crippen molar-refractivity contribution in [3.8, 4) is 6.07 Å². The van der Waals surface area contributed by atoms with Gasteiger partial charge >= 0.3 is 0 Å². The third-order valence-corrected chi connectivity index (χ3v) is 4.30. The van der Waals surface area contributed by atoms with Gasteiger partial charge in [0.05, 0.1) is 11.3 Å². The third-order valence-electron chi connectivity index (χ3n) is 3.26. The molecule has 0 spiro atoms. The van der Waals surface area contributed by atoms with Crippen LogP contribution < -0.4 is 5.73 Å². The summed E-state index contributed by atoms with van der Waals surface area (Å²) < 4.78 is 13.6. The monoisotopic (exact) mass is 259 g/mol. The molecule has 1 unspecified atom stereocenters. The molecule has 0 bridgehead atoms. The molecule has 1 aromatic carbocycles. The number of benzene rings is 1. The zero-order valence-electron chi connectivity index (χ0n) is 9.48. The van der Waals surface area contributed by atoms with Crippen LogP contribution in [0.2, 0.25) is 0 Å². The SMILES string of the molecule is N#Cc1c(F)cccc1C1CCc2nc(N)sc21. The minimum Gasteiger partial charge on any atom is -0.375 e. The number of nitrogens with two attached hydrogens (primary N) is 1. The van der Waals surface area contributed by atoms with E-state index in [0.29, 0.717) is 5.13 Å². The molecule has 1 heterocycles. The molecule has 2 aromatic rings. The van der Waals surface area contributed by atoms with E-state index in [2.05, 4.69) is 4.98 Å². The zero-order valence-corrected chi connectivity index (χ0v) is 10.3. The predicted molar refractivity (Wildman–Crippen MR) is 67.8 cm³/mol. The van der Waals surface area contributed by atoms with Crippen LogP contribution in [0.5, 0.6) is 0 Å². The average molecular weight is 259 g/mol. The Balaban J connectivity index is 2.13. The molecule has 1 aromatic heterocycles. The average Bonchev–Trinajstić information content (AvgIpc) is 2.87. The summed E-state index contributed by atoms with van der Waals surface area (Å²) in [5, 5.41) is 9.63. The fraction of sp³-hybridized carbons (Fsp3) is 0.231. The van der Waals surface area contributed by atoms with E-state index in [9.17, 15) is 4.39 Å². The number of nitrogens with zero attached hydrogens (tertiary/aromatic N) is 2. The van der Waals surface area contributed by atoms with E-state index in [4.69, 9.17) is 11.0 Å². The molecule has 3 rings (SSSR count). The largest absolute Gasteiger partial charge is 0.375 e. The first-order valence-electron chi connectivity index (χ1n) is 5.64. The summed E-state index contributed by atoms with van der Waals surface area (Å²) in [6.07, 6.45) is 1.71. The van der Waals surface area contributed by atoms with Gasteiger partial charge in [-0.25, -0.2) is 9.37 Å². The number of hydrogen-bond donors (Lipinski definition) is 1. The van der Waals surface area contributed by atoms with Crippen LogP contribution in [0, 0.1) is 17.1 Å². The summed E-state index contributed by atoms with van der Waals surface area (Å²) in [7, 11) is 0. The topological polar surface area (TPSA) is 62.7 Å². The van der Waals surface area contributed by atoms with Crippen LogP contribution in [0.1, 0.15) is 34.0 Å². The van der Waals surface area contributed by atoms with Crippen LogP contribution in [-0.2, 0) is 6.42 Å². The molecule has 1 atom stereocenters. The van der Waals surface area contributed by atoms with Crippen LogP contribution in [0.3, 0.4) is 0 Å². The van der Waals surface area contributed by atoms with E-state index in [-0.39, 0.29) is 11.5 Å². The first-order valence-corrected chi connectivity index (χ1v) is 6.46. The van der Waals surface area contributed by atoms with Crippen LogP contribution in [0.15, 0.2) is 18.2 Å². The summed E-state index contributed by atoms with van der Waals surface area (Å²) in [4.78, 5) is 5.34. The van der Waals surface area contributed by atoms with Crippen molar-refractivity contribution in [1.82, 2.24) is 4.98 Å². The Morgan fingerprint density at radius 3 is 3.11 bits per heavy atom. The van der Waals surface area contributed by atoms with Crippen LogP contribution in [0.4, 0.5) is 9.52 Å². The number of halogens is 1. The minimum atomic E-state index is -0.457. The van der Waals surface area contributed by atoms with Gasteiger partial charge in [-0.3, -0.25) is 0 Å². The van der Waals surface area contributed by atoms with Gasteiger partial charge in [0.1, 0.15) is 11.9 Å². The Bertz CT molecular complexity index is 657. The Kier molecular flexibility index (Phi) is 2.53. The molecular weight excluding hydrogens is 249 g/mol. The van der Waals surface area contributed by atoms with Gasteiger partial charge in [-0.1, -0.05) is 12.1 Å². The molecule has 0 amide bonds. The maximum absolute atomic E-state index is 13.6. The van der Waals surface area contributed by atoms with Crippen molar-refractivity contribution >= 4 is 16.5 Å². The Hall–Kier alpha value is -1.93. The summed E-state index contributed by atoms with van der Waals surface area (Å²) in [6, 6.07) is 6.74. The van der Waals surface area contributed by atoms with Crippen molar-refractivity contribution in [2.45, 2.75) is 18.8 Å². The molecule has 90 valence electrons. The number of hydrogen-bond acceptors (Lipinski definition) is 4. The first kappa shape index (κ1) is 11.2. The van der Waals surface area contributed by atoms with Gasteiger partial charge < -0.3 is 5.73 Å². The second kappa shape index (κ2) is 4.07. The first-order chi connectivity index (χ1) is 8.70. The fourth-order valence-corrected chi connectivity index (χ4v) is 3.53. The fourth-order valence-electron chi connectivity index (χ4n) is 2.49. The molecule has 0 saturated heterocycles. The number of nitriles is 1. The lowest BCUT2D eigenvalue weighted by Gasteiger charge is -2.12. The second-order valence-electron chi connectivity index (χ2n) is 4.27. The lowest BCUT2D eigenvalue weighted by atomic mass is 9.93. The van der Waals surface area contributed by atoms with Gasteiger partial charge in [-0.15, -0.1) is 11.3 Å². The van der Waals surface area contributed by atoms with E-state index >= 15 is 0 Å². The smallest absolute Gasteiger partial charge is 0.180 e. The lowest BCUT2D eigenvalue weighted by molar-refractivity contribution is 0.618. The number of thiazole rings is 1. The maximum Gasteiger partial charge on any atom is 0.180 e. The van der Waals surface area contributed by atoms with Gasteiger partial charge in [0.2, 0.25) is 0 Å². The molecular formula is C13H10FN3S. The van der Waals surface area contributed by atoms with Gasteiger partial charge in [0.25, 0.3) is 0 Å². The van der Waals surface area contributed by atoms with Gasteiger partial charge in [0, 0.05) is 10.8 Å². The van der Waals surface area contributed by atoms with E-state index in [1.54, 1.807) is 6.07 Å². The molecule has 0 saturated carbocycles. The number of aryl methyl sites for hydroxylation is 1. The second-order valence-corrected chi connectivity index (χ2v) is 5.33. The molecule has 0 fully saturated rings. The normalized spacial score (nSPS) is 17.4. The number of fused-ring (bicyclic) bond motifs is 1. The highest BCUT2D eigenvalue weighted by Crippen LogP contribution is 2.43. The van der Waals surface area contributed by atoms with Gasteiger partial charge in [-0.2, -0.15) is 5.26 Å². The highest BCUT2D eigenvalue weighted by atomic mass is 32.1. The third kappa shape index (κ3) is 1.57. The molecule has 2 N–H and O–H groups in total. The van der Waals surface area contributed by atoms with Crippen LogP contribution in [0.25, 0.3) is 0 Å². The standard InChI is InChI=1S/C13H10FN3S/c14-10-3-1-2-7(9(10)6-15)8-4-5-11-12(8)18-13(16)17-11/h1-3,8H,4-5H2,(H2,16,17). The summed E-state index contributed by atoms with van der Waals surface area (Å²) in [5.41, 5.74) is 7.58. The van der Waals surface area contributed by atoms with Crippen molar-refractivity contribution in [3.05, 3.63) is 45.7 Å². The summed E-state index contributed by atoms with van der Waals surface area (Å²) in [5.74, 6) is -0.402. The highest BCUT2D eigenvalue weighted by molar-refractivity contribution is 7.15. The maximum atomic E-state index is 13.6. The Labute approximate surface area is 108 Å². The zero-order chi connectivity index (χ0) is 12.7. The predicted octanol–water partition coefficient (Wildman–Crippen LogP) is 2.81. The van der Waals surface area contributed by atoms with Crippen LogP contribution in [-0.4, -0.2) is 4.98 Å². The van der Waals surface area contributed by atoms with Crippen molar-refractivity contribution < 1.29 is 4.39 Å². The van der Waals surface area contributed by atoms with Crippen molar-refractivity contribution in [2.24, 2.45) is 0 Å². The molecule has 1 aliphatic carbocycles. The Morgan fingerprint density at radius 2 is 2.33 bits per heavy atom. The van der Waals surface area contributed by atoms with E-state index in [1.807, 2.05) is 12.1 Å². The Morgan fingerprint density at radius 1 is 1.50 bits per heavy atom. The molecule has 1 aliphatic rings. The summed E-state index contributed by atoms with van der Waals surface area (Å²) >= 11 is 1.44. The number of nitrogen functional groups attached to an aromatic ring is 1. The molecule has 18 heavy (non-hydrogen) atoms. The van der Waals surface area contributed by atoms with Crippen LogP contribution >= 0.6 is 11.3 Å². The van der Waals surface area contributed by atoms with E-state index in [0.717, 1.165) is 29.0 Å². The minimum absolute atomic E-state index is 0.0557. The van der Waals surface area contributed by atoms with E-state index < -0.39 is 5.82 Å². The van der Waals surface area contributed by atoms with Crippen molar-refractivity contribution in [3.63, 3.8) is 0 Å². The van der Waals surface area contributed by atoms with Gasteiger partial charge in [0.15, 0.2) is 5.13 Å². The highest BCUT2D eigenvalue weighted by Gasteiger charge is 2.30.